The van der Waals surface area contributed by atoms with Gasteiger partial charge in [-0.3, -0.25) is 4.79 Å². The summed E-state index contributed by atoms with van der Waals surface area (Å²) >= 11 is 3.47. The smallest absolute Gasteiger partial charge is 0.289 e. The predicted octanol–water partition coefficient (Wildman–Crippen LogP) is 4.91. The Labute approximate surface area is 133 Å². The molecule has 3 rings (SSSR count). The van der Waals surface area contributed by atoms with Crippen molar-refractivity contribution in [1.82, 2.24) is 4.90 Å². The minimum Gasteiger partial charge on any atom is -0.451 e. The molecule has 0 radical (unpaired) electrons. The summed E-state index contributed by atoms with van der Waals surface area (Å²) in [5.41, 5.74) is 1.73. The number of halogens is 1. The number of hydrogen-bond donors (Lipinski definition) is 0. The lowest BCUT2D eigenvalue weighted by atomic mass is 10.1. The fraction of sp³-hybridized carbons (Fsp3) is 0.471. The highest BCUT2D eigenvalue weighted by atomic mass is 79.9. The van der Waals surface area contributed by atoms with Gasteiger partial charge < -0.3 is 9.32 Å². The second-order valence-electron chi connectivity index (χ2n) is 5.76. The molecule has 2 aromatic rings. The van der Waals surface area contributed by atoms with Gasteiger partial charge in [0.15, 0.2) is 5.76 Å². The zero-order valence-corrected chi connectivity index (χ0v) is 13.9. The lowest BCUT2D eigenvalue weighted by Gasteiger charge is -2.24. The molecule has 4 heteroatoms. The summed E-state index contributed by atoms with van der Waals surface area (Å²) in [6, 6.07) is 5.87. The van der Waals surface area contributed by atoms with E-state index in [1.54, 1.807) is 0 Å². The maximum absolute atomic E-state index is 12.8. The molecule has 1 aromatic heterocycles. The highest BCUT2D eigenvalue weighted by Gasteiger charge is 2.23. The summed E-state index contributed by atoms with van der Waals surface area (Å²) in [5, 5.41) is 1.01. The van der Waals surface area contributed by atoms with Crippen LogP contribution in [0.2, 0.25) is 0 Å². The van der Waals surface area contributed by atoms with Crippen LogP contribution in [-0.2, 0) is 0 Å². The largest absolute Gasteiger partial charge is 0.451 e. The summed E-state index contributed by atoms with van der Waals surface area (Å²) in [6.07, 6.45) is 5.92. The van der Waals surface area contributed by atoms with Crippen molar-refractivity contribution in [2.45, 2.75) is 39.0 Å². The topological polar surface area (TPSA) is 33.5 Å². The van der Waals surface area contributed by atoms with Crippen molar-refractivity contribution < 1.29 is 9.21 Å². The van der Waals surface area contributed by atoms with Gasteiger partial charge in [-0.2, -0.15) is 0 Å². The molecule has 0 unspecified atom stereocenters. The zero-order valence-electron chi connectivity index (χ0n) is 12.3. The number of carbonyl (C=O) groups excluding carboxylic acids is 1. The molecule has 21 heavy (non-hydrogen) atoms. The number of hydrogen-bond acceptors (Lipinski definition) is 2. The zero-order chi connectivity index (χ0) is 14.8. The van der Waals surface area contributed by atoms with Gasteiger partial charge in [0.1, 0.15) is 5.58 Å². The van der Waals surface area contributed by atoms with Gasteiger partial charge >= 0.3 is 0 Å². The van der Waals surface area contributed by atoms with Crippen molar-refractivity contribution in [2.75, 3.05) is 13.1 Å². The van der Waals surface area contributed by atoms with Gasteiger partial charge in [-0.1, -0.05) is 35.2 Å². The predicted molar refractivity (Wildman–Crippen MR) is 87.6 cm³/mol. The molecule has 2 heterocycles. The summed E-state index contributed by atoms with van der Waals surface area (Å²) < 4.78 is 6.83. The van der Waals surface area contributed by atoms with Crippen molar-refractivity contribution in [2.24, 2.45) is 0 Å². The first-order valence-corrected chi connectivity index (χ1v) is 8.44. The quantitative estimate of drug-likeness (QED) is 0.732. The average Bonchev–Trinajstić information content (AvgIpc) is 2.75. The third kappa shape index (κ3) is 3.00. The van der Waals surface area contributed by atoms with Gasteiger partial charge in [0.25, 0.3) is 5.91 Å². The number of rotatable bonds is 1. The molecule has 0 atom stereocenters. The molecule has 0 bridgehead atoms. The van der Waals surface area contributed by atoms with Crippen LogP contribution in [0.5, 0.6) is 0 Å². The van der Waals surface area contributed by atoms with Crippen molar-refractivity contribution in [3.63, 3.8) is 0 Å². The average molecular weight is 350 g/mol. The third-order valence-electron chi connectivity index (χ3n) is 4.24. The maximum Gasteiger partial charge on any atom is 0.289 e. The van der Waals surface area contributed by atoms with E-state index in [0.29, 0.717) is 5.76 Å². The standard InChI is InChI=1S/C17H20BrNO2/c1-12-14-11-13(18)7-8-15(14)21-16(12)17(20)19-9-5-3-2-4-6-10-19/h7-8,11H,2-6,9-10H2,1H3. The van der Waals surface area contributed by atoms with E-state index in [2.05, 4.69) is 15.9 Å². The molecular weight excluding hydrogens is 330 g/mol. The van der Waals surface area contributed by atoms with Gasteiger partial charge in [0.2, 0.25) is 0 Å². The SMILES string of the molecule is Cc1c(C(=O)N2CCCCCCC2)oc2ccc(Br)cc12. The van der Waals surface area contributed by atoms with Crippen molar-refractivity contribution in [1.29, 1.82) is 0 Å². The van der Waals surface area contributed by atoms with Crippen LogP contribution in [0.4, 0.5) is 0 Å². The van der Waals surface area contributed by atoms with Gasteiger partial charge in [-0.15, -0.1) is 0 Å². The number of furan rings is 1. The number of likely N-dealkylation sites (tertiary alicyclic amines) is 1. The van der Waals surface area contributed by atoms with Crippen LogP contribution in [0.1, 0.15) is 48.2 Å². The van der Waals surface area contributed by atoms with Crippen LogP contribution in [0.25, 0.3) is 11.0 Å². The second-order valence-corrected chi connectivity index (χ2v) is 6.67. The van der Waals surface area contributed by atoms with E-state index in [4.69, 9.17) is 4.42 Å². The van der Waals surface area contributed by atoms with Gasteiger partial charge in [-0.25, -0.2) is 0 Å². The molecular formula is C17H20BrNO2. The first kappa shape index (κ1) is 14.6. The Bertz CT molecular complexity index is 654. The summed E-state index contributed by atoms with van der Waals surface area (Å²) in [5.74, 6) is 0.547. The minimum absolute atomic E-state index is 0.0433. The van der Waals surface area contributed by atoms with E-state index < -0.39 is 0 Å². The summed E-state index contributed by atoms with van der Waals surface area (Å²) in [6.45, 7) is 3.66. The van der Waals surface area contributed by atoms with Gasteiger partial charge in [-0.05, 0) is 38.0 Å². The van der Waals surface area contributed by atoms with Crippen LogP contribution in [0, 0.1) is 6.92 Å². The molecule has 1 aliphatic rings. The van der Waals surface area contributed by atoms with Crippen LogP contribution in [0.3, 0.4) is 0 Å². The van der Waals surface area contributed by atoms with Crippen LogP contribution < -0.4 is 0 Å². The summed E-state index contributed by atoms with van der Waals surface area (Å²) in [4.78, 5) is 14.7. The molecule has 0 spiro atoms. The Hall–Kier alpha value is -1.29. The number of fused-ring (bicyclic) bond motifs is 1. The van der Waals surface area contributed by atoms with E-state index in [9.17, 15) is 4.79 Å². The molecule has 0 aliphatic carbocycles. The summed E-state index contributed by atoms with van der Waals surface area (Å²) in [7, 11) is 0. The minimum atomic E-state index is 0.0433. The van der Waals surface area contributed by atoms with E-state index in [1.807, 2.05) is 30.0 Å². The molecule has 3 nitrogen and oxygen atoms in total. The van der Waals surface area contributed by atoms with Crippen LogP contribution >= 0.6 is 15.9 Å². The Balaban J connectivity index is 1.91. The van der Waals surface area contributed by atoms with Crippen LogP contribution in [-0.4, -0.2) is 23.9 Å². The first-order chi connectivity index (χ1) is 10.2. The van der Waals surface area contributed by atoms with E-state index in [0.717, 1.165) is 46.9 Å². The number of nitrogens with zero attached hydrogens (tertiary/aromatic N) is 1. The lowest BCUT2D eigenvalue weighted by Crippen LogP contribution is -2.33. The van der Waals surface area contributed by atoms with E-state index >= 15 is 0 Å². The molecule has 1 fully saturated rings. The maximum atomic E-state index is 12.8. The molecule has 1 saturated heterocycles. The number of carbonyl (C=O) groups is 1. The highest BCUT2D eigenvalue weighted by Crippen LogP contribution is 2.29. The molecule has 0 saturated carbocycles. The first-order valence-electron chi connectivity index (χ1n) is 7.65. The normalized spacial score (nSPS) is 16.8. The van der Waals surface area contributed by atoms with Crippen molar-refractivity contribution >= 4 is 32.8 Å². The molecule has 112 valence electrons. The monoisotopic (exact) mass is 349 g/mol. The highest BCUT2D eigenvalue weighted by molar-refractivity contribution is 9.10. The molecule has 1 amide bonds. The van der Waals surface area contributed by atoms with E-state index in [1.165, 1.54) is 19.3 Å². The van der Waals surface area contributed by atoms with Gasteiger partial charge in [0, 0.05) is 28.5 Å². The fourth-order valence-corrected chi connectivity index (χ4v) is 3.35. The third-order valence-corrected chi connectivity index (χ3v) is 4.73. The molecule has 1 aliphatic heterocycles. The van der Waals surface area contributed by atoms with E-state index in [-0.39, 0.29) is 5.91 Å². The Kier molecular flexibility index (Phi) is 4.34. The van der Waals surface area contributed by atoms with Crippen molar-refractivity contribution in [3.05, 3.63) is 34.0 Å². The number of amides is 1. The van der Waals surface area contributed by atoms with Crippen LogP contribution in [0.15, 0.2) is 27.1 Å². The second kappa shape index (κ2) is 6.22. The Morgan fingerprint density at radius 1 is 1.14 bits per heavy atom. The Morgan fingerprint density at radius 2 is 1.81 bits per heavy atom. The number of aryl methyl sites for hydroxylation is 1. The fourth-order valence-electron chi connectivity index (χ4n) is 2.99. The lowest BCUT2D eigenvalue weighted by molar-refractivity contribution is 0.0711. The molecule has 1 aromatic carbocycles. The molecule has 0 N–H and O–H groups in total. The van der Waals surface area contributed by atoms with Gasteiger partial charge in [0.05, 0.1) is 0 Å². The Morgan fingerprint density at radius 3 is 2.52 bits per heavy atom. The number of benzene rings is 1. The van der Waals surface area contributed by atoms with Crippen molar-refractivity contribution in [3.8, 4) is 0 Å².